The molecule has 1 aliphatic carbocycles. The lowest BCUT2D eigenvalue weighted by atomic mass is 10.2. The van der Waals surface area contributed by atoms with Gasteiger partial charge in [0.25, 0.3) is 5.92 Å². The molecule has 0 radical (unpaired) electrons. The maximum Gasteiger partial charge on any atom is 0.275 e. The van der Waals surface area contributed by atoms with Crippen molar-refractivity contribution in [2.45, 2.75) is 39.2 Å². The van der Waals surface area contributed by atoms with Crippen LogP contribution < -0.4 is 10.6 Å². The highest BCUT2D eigenvalue weighted by molar-refractivity contribution is 5.58. The molecule has 2 aromatic rings. The van der Waals surface area contributed by atoms with Gasteiger partial charge in [-0.1, -0.05) is 0 Å². The summed E-state index contributed by atoms with van der Waals surface area (Å²) in [4.78, 5) is 8.12. The van der Waals surface area contributed by atoms with Gasteiger partial charge in [-0.15, -0.1) is 0 Å². The molecule has 0 aliphatic heterocycles. The van der Waals surface area contributed by atoms with Crippen molar-refractivity contribution in [3.63, 3.8) is 0 Å². The Labute approximate surface area is 133 Å². The summed E-state index contributed by atoms with van der Waals surface area (Å²) in [6.45, 7) is 3.70. The zero-order valence-electron chi connectivity index (χ0n) is 13.4. The summed E-state index contributed by atoms with van der Waals surface area (Å²) in [6, 6.07) is 0. The summed E-state index contributed by atoms with van der Waals surface area (Å²) in [6.07, 6.45) is 5.36. The predicted octanol–water partition coefficient (Wildman–Crippen LogP) is 3.29. The minimum Gasteiger partial charge on any atom is -0.373 e. The number of anilines is 3. The Hall–Kier alpha value is -2.25. The van der Waals surface area contributed by atoms with Gasteiger partial charge in [0.15, 0.2) is 0 Å². The largest absolute Gasteiger partial charge is 0.373 e. The maximum atomic E-state index is 13.5. The molecule has 0 atom stereocenters. The number of rotatable bonds is 6. The van der Waals surface area contributed by atoms with E-state index in [0.29, 0.717) is 0 Å². The van der Waals surface area contributed by atoms with Crippen molar-refractivity contribution in [2.24, 2.45) is 5.92 Å². The Kier molecular flexibility index (Phi) is 3.91. The van der Waals surface area contributed by atoms with Crippen LogP contribution >= 0.6 is 0 Å². The first kappa shape index (κ1) is 15.6. The number of nitrogens with one attached hydrogen (secondary N) is 2. The molecule has 0 aromatic carbocycles. The summed E-state index contributed by atoms with van der Waals surface area (Å²) in [5, 5.41) is 10.1. The molecule has 6 nitrogen and oxygen atoms in total. The molecule has 0 amide bonds. The van der Waals surface area contributed by atoms with Crippen LogP contribution in [0.15, 0.2) is 12.4 Å². The first-order valence-corrected chi connectivity index (χ1v) is 7.61. The van der Waals surface area contributed by atoms with E-state index in [2.05, 4.69) is 25.7 Å². The Morgan fingerprint density at radius 3 is 2.70 bits per heavy atom. The molecule has 0 spiro atoms. The summed E-state index contributed by atoms with van der Waals surface area (Å²) < 4.78 is 29.0. The first-order valence-electron chi connectivity index (χ1n) is 7.61. The van der Waals surface area contributed by atoms with Gasteiger partial charge in [-0.05, 0) is 25.7 Å². The van der Waals surface area contributed by atoms with E-state index in [4.69, 9.17) is 0 Å². The topological polar surface area (TPSA) is 67.7 Å². The van der Waals surface area contributed by atoms with Crippen LogP contribution in [0.4, 0.5) is 26.2 Å². The van der Waals surface area contributed by atoms with Gasteiger partial charge in [0.2, 0.25) is 5.95 Å². The fraction of sp³-hybridized carbons (Fsp3) is 0.533. The van der Waals surface area contributed by atoms with Crippen LogP contribution in [-0.2, 0) is 12.5 Å². The van der Waals surface area contributed by atoms with Crippen molar-refractivity contribution >= 4 is 17.5 Å². The second-order valence-electron chi connectivity index (χ2n) is 5.99. The molecule has 1 saturated carbocycles. The molecule has 2 heterocycles. The standard InChI is InChI=1S/C15H20F2N6/c1-9-12(7-20-23(9)8-10-4-5-10)21-14-19-6-11(15(2,16)17)13(18-3)22-14/h6-7,10H,4-5,8H2,1-3H3,(H2,18,19,21,22). The van der Waals surface area contributed by atoms with Crippen molar-refractivity contribution in [2.75, 3.05) is 17.7 Å². The highest BCUT2D eigenvalue weighted by Gasteiger charge is 2.29. The minimum atomic E-state index is -3.00. The van der Waals surface area contributed by atoms with Crippen molar-refractivity contribution in [1.82, 2.24) is 19.7 Å². The van der Waals surface area contributed by atoms with Crippen molar-refractivity contribution < 1.29 is 8.78 Å². The normalized spacial score (nSPS) is 14.8. The third kappa shape index (κ3) is 3.40. The van der Waals surface area contributed by atoms with E-state index in [1.165, 1.54) is 12.8 Å². The summed E-state index contributed by atoms with van der Waals surface area (Å²) in [5.41, 5.74) is 1.53. The molecule has 2 N–H and O–H groups in total. The van der Waals surface area contributed by atoms with Crippen LogP contribution in [0.25, 0.3) is 0 Å². The fourth-order valence-corrected chi connectivity index (χ4v) is 2.37. The quantitative estimate of drug-likeness (QED) is 0.854. The minimum absolute atomic E-state index is 0.109. The molecule has 8 heteroatoms. The molecular weight excluding hydrogens is 302 g/mol. The van der Waals surface area contributed by atoms with Gasteiger partial charge in [0.05, 0.1) is 23.1 Å². The second-order valence-corrected chi connectivity index (χ2v) is 5.99. The zero-order chi connectivity index (χ0) is 16.6. The van der Waals surface area contributed by atoms with Gasteiger partial charge in [-0.3, -0.25) is 4.68 Å². The van der Waals surface area contributed by atoms with Crippen LogP contribution in [-0.4, -0.2) is 26.8 Å². The molecule has 0 unspecified atom stereocenters. The van der Waals surface area contributed by atoms with Gasteiger partial charge >= 0.3 is 0 Å². The van der Waals surface area contributed by atoms with Crippen molar-refractivity contribution in [3.8, 4) is 0 Å². The van der Waals surface area contributed by atoms with Crippen LogP contribution in [0, 0.1) is 12.8 Å². The average molecular weight is 322 g/mol. The lowest BCUT2D eigenvalue weighted by Gasteiger charge is -2.15. The molecule has 124 valence electrons. The molecule has 0 saturated heterocycles. The van der Waals surface area contributed by atoms with E-state index >= 15 is 0 Å². The first-order chi connectivity index (χ1) is 10.9. The monoisotopic (exact) mass is 322 g/mol. The fourth-order valence-electron chi connectivity index (χ4n) is 2.37. The van der Waals surface area contributed by atoms with Gasteiger partial charge < -0.3 is 10.6 Å². The molecule has 2 aromatic heterocycles. The van der Waals surface area contributed by atoms with E-state index < -0.39 is 5.92 Å². The van der Waals surface area contributed by atoms with Gasteiger partial charge in [0, 0.05) is 26.7 Å². The van der Waals surface area contributed by atoms with Gasteiger partial charge in [0.1, 0.15) is 5.82 Å². The van der Waals surface area contributed by atoms with Gasteiger partial charge in [-0.25, -0.2) is 13.8 Å². The third-order valence-corrected chi connectivity index (χ3v) is 3.98. The number of hydrogen-bond donors (Lipinski definition) is 2. The number of nitrogens with zero attached hydrogens (tertiary/aromatic N) is 4. The van der Waals surface area contributed by atoms with Crippen molar-refractivity contribution in [1.29, 1.82) is 0 Å². The summed E-state index contributed by atoms with van der Waals surface area (Å²) >= 11 is 0. The molecule has 23 heavy (non-hydrogen) atoms. The SMILES string of the molecule is CNc1nc(Nc2cnn(CC3CC3)c2C)ncc1C(C)(F)F. The third-order valence-electron chi connectivity index (χ3n) is 3.98. The number of aromatic nitrogens is 4. The number of halogens is 2. The van der Waals surface area contributed by atoms with E-state index in [1.54, 1.807) is 13.2 Å². The number of alkyl halides is 2. The maximum absolute atomic E-state index is 13.5. The highest BCUT2D eigenvalue weighted by atomic mass is 19.3. The van der Waals surface area contributed by atoms with Crippen LogP contribution in [0.1, 0.15) is 31.0 Å². The zero-order valence-corrected chi connectivity index (χ0v) is 13.4. The van der Waals surface area contributed by atoms with Gasteiger partial charge in [-0.2, -0.15) is 10.1 Å². The van der Waals surface area contributed by atoms with E-state index in [1.807, 2.05) is 11.6 Å². The van der Waals surface area contributed by atoms with E-state index in [9.17, 15) is 8.78 Å². The van der Waals surface area contributed by atoms with E-state index in [-0.39, 0.29) is 17.3 Å². The Bertz CT molecular complexity index is 702. The highest BCUT2D eigenvalue weighted by Crippen LogP contribution is 2.33. The van der Waals surface area contributed by atoms with Crippen molar-refractivity contribution in [3.05, 3.63) is 23.7 Å². The lowest BCUT2D eigenvalue weighted by molar-refractivity contribution is 0.0176. The van der Waals surface area contributed by atoms with Crippen LogP contribution in [0.2, 0.25) is 0 Å². The predicted molar refractivity (Wildman–Crippen MR) is 84.1 cm³/mol. The molecule has 0 bridgehead atoms. The molecule has 1 fully saturated rings. The Morgan fingerprint density at radius 1 is 1.35 bits per heavy atom. The Morgan fingerprint density at radius 2 is 2.09 bits per heavy atom. The van der Waals surface area contributed by atoms with Crippen LogP contribution in [0.3, 0.4) is 0 Å². The summed E-state index contributed by atoms with van der Waals surface area (Å²) in [7, 11) is 1.56. The molecule has 3 rings (SSSR count). The average Bonchev–Trinajstić information content (AvgIpc) is 3.25. The number of hydrogen-bond acceptors (Lipinski definition) is 5. The second kappa shape index (κ2) is 5.75. The Balaban J connectivity index is 1.81. The smallest absolute Gasteiger partial charge is 0.275 e. The van der Waals surface area contributed by atoms with Crippen LogP contribution in [0.5, 0.6) is 0 Å². The van der Waals surface area contributed by atoms with E-state index in [0.717, 1.165) is 37.0 Å². The molecule has 1 aliphatic rings. The molecular formula is C15H20F2N6. The lowest BCUT2D eigenvalue weighted by Crippen LogP contribution is -2.13. The summed E-state index contributed by atoms with van der Waals surface area (Å²) in [5.74, 6) is -1.91.